The van der Waals surface area contributed by atoms with Crippen LogP contribution < -0.4 is 0 Å². The molecule has 1 saturated heterocycles. The fourth-order valence-electron chi connectivity index (χ4n) is 1.50. The number of hydrogen-bond donors (Lipinski definition) is 0. The summed E-state index contributed by atoms with van der Waals surface area (Å²) in [5, 5.41) is 0. The molecule has 0 aromatic heterocycles. The highest BCUT2D eigenvalue weighted by Crippen LogP contribution is 2.42. The fraction of sp³-hybridized carbons (Fsp3) is 0.714. The summed E-state index contributed by atoms with van der Waals surface area (Å²) in [6, 6.07) is 0. The second kappa shape index (κ2) is 2.75. The van der Waals surface area contributed by atoms with Crippen LogP contribution in [0.1, 0.15) is 19.3 Å². The van der Waals surface area contributed by atoms with E-state index in [1.54, 1.807) is 0 Å². The Hall–Kier alpha value is 0.910. The standard InChI is InChI=1S/C7H8BrIO/c8-6-4-2-1-3-5(10-4)7(6)9/h4-5H,1-3H2. The van der Waals surface area contributed by atoms with Gasteiger partial charge in [-0.1, -0.05) is 15.9 Å². The lowest BCUT2D eigenvalue weighted by atomic mass is 10.1. The van der Waals surface area contributed by atoms with E-state index in [2.05, 4.69) is 38.5 Å². The molecule has 2 heterocycles. The lowest BCUT2D eigenvalue weighted by Gasteiger charge is -2.20. The maximum absolute atomic E-state index is 5.69. The summed E-state index contributed by atoms with van der Waals surface area (Å²) in [6.45, 7) is 0. The van der Waals surface area contributed by atoms with Gasteiger partial charge in [-0.25, -0.2) is 0 Å². The average Bonchev–Trinajstić information content (AvgIpc) is 2.17. The maximum Gasteiger partial charge on any atom is 0.0906 e. The van der Waals surface area contributed by atoms with Crippen molar-refractivity contribution in [1.29, 1.82) is 0 Å². The molecular weight excluding hydrogens is 307 g/mol. The van der Waals surface area contributed by atoms with E-state index in [9.17, 15) is 0 Å². The molecule has 0 aromatic carbocycles. The summed E-state index contributed by atoms with van der Waals surface area (Å²) < 4.78 is 8.38. The first-order valence-corrected chi connectivity index (χ1v) is 5.36. The van der Waals surface area contributed by atoms with Crippen molar-refractivity contribution in [2.24, 2.45) is 0 Å². The Morgan fingerprint density at radius 1 is 1.40 bits per heavy atom. The zero-order chi connectivity index (χ0) is 7.14. The van der Waals surface area contributed by atoms with E-state index >= 15 is 0 Å². The van der Waals surface area contributed by atoms with Crippen LogP contribution in [0.3, 0.4) is 0 Å². The van der Waals surface area contributed by atoms with Gasteiger partial charge in [0, 0.05) is 8.06 Å². The van der Waals surface area contributed by atoms with Crippen molar-refractivity contribution in [3.63, 3.8) is 0 Å². The largest absolute Gasteiger partial charge is 0.365 e. The minimum Gasteiger partial charge on any atom is -0.365 e. The third kappa shape index (κ3) is 1.06. The van der Waals surface area contributed by atoms with Gasteiger partial charge in [-0.15, -0.1) is 0 Å². The van der Waals surface area contributed by atoms with Gasteiger partial charge in [0.15, 0.2) is 0 Å². The van der Waals surface area contributed by atoms with E-state index in [4.69, 9.17) is 4.74 Å². The zero-order valence-corrected chi connectivity index (χ0v) is 9.18. The van der Waals surface area contributed by atoms with Gasteiger partial charge in [-0.3, -0.25) is 0 Å². The van der Waals surface area contributed by atoms with Crippen molar-refractivity contribution in [3.8, 4) is 0 Å². The lowest BCUT2D eigenvalue weighted by Crippen LogP contribution is -2.19. The number of halogens is 2. The summed E-state index contributed by atoms with van der Waals surface area (Å²) in [5.74, 6) is 0. The highest BCUT2D eigenvalue weighted by atomic mass is 127. The molecule has 0 amide bonds. The van der Waals surface area contributed by atoms with Gasteiger partial charge in [-0.05, 0) is 41.9 Å². The molecule has 2 bridgehead atoms. The molecule has 56 valence electrons. The molecule has 0 radical (unpaired) electrons. The molecule has 2 aliphatic rings. The number of rotatable bonds is 0. The van der Waals surface area contributed by atoms with Crippen molar-refractivity contribution in [1.82, 2.24) is 0 Å². The second-order valence-corrected chi connectivity index (χ2v) is 4.76. The van der Waals surface area contributed by atoms with E-state index in [0.717, 1.165) is 0 Å². The molecule has 2 unspecified atom stereocenters. The fourth-order valence-corrected chi connectivity index (χ4v) is 2.90. The maximum atomic E-state index is 5.69. The summed E-state index contributed by atoms with van der Waals surface area (Å²) in [5.41, 5.74) is 0. The third-order valence-corrected chi connectivity index (χ3v) is 5.01. The minimum atomic E-state index is 0.394. The van der Waals surface area contributed by atoms with Crippen LogP contribution in [-0.4, -0.2) is 12.2 Å². The summed E-state index contributed by atoms with van der Waals surface area (Å²) in [7, 11) is 0. The Kier molecular flexibility index (Phi) is 2.08. The quantitative estimate of drug-likeness (QED) is 0.625. The predicted molar refractivity (Wildman–Crippen MR) is 52.5 cm³/mol. The zero-order valence-electron chi connectivity index (χ0n) is 5.44. The Morgan fingerprint density at radius 3 is 2.70 bits per heavy atom. The molecule has 0 aromatic rings. The van der Waals surface area contributed by atoms with Gasteiger partial charge in [-0.2, -0.15) is 0 Å². The molecule has 0 aliphatic carbocycles. The molecule has 3 heteroatoms. The normalized spacial score (nSPS) is 39.0. The molecule has 2 atom stereocenters. The van der Waals surface area contributed by atoms with Crippen LogP contribution in [0.4, 0.5) is 0 Å². The van der Waals surface area contributed by atoms with E-state index < -0.39 is 0 Å². The van der Waals surface area contributed by atoms with E-state index in [-0.39, 0.29) is 0 Å². The molecule has 2 aliphatic heterocycles. The van der Waals surface area contributed by atoms with Gasteiger partial charge >= 0.3 is 0 Å². The van der Waals surface area contributed by atoms with E-state index in [1.807, 2.05) is 0 Å². The number of ether oxygens (including phenoxy) is 1. The lowest BCUT2D eigenvalue weighted by molar-refractivity contribution is 0.0190. The van der Waals surface area contributed by atoms with E-state index in [0.29, 0.717) is 12.2 Å². The monoisotopic (exact) mass is 314 g/mol. The molecule has 1 fully saturated rings. The summed E-state index contributed by atoms with van der Waals surface area (Å²) in [4.78, 5) is 0. The Morgan fingerprint density at radius 2 is 2.10 bits per heavy atom. The molecule has 0 saturated carbocycles. The average molecular weight is 315 g/mol. The van der Waals surface area contributed by atoms with Crippen molar-refractivity contribution in [2.45, 2.75) is 31.5 Å². The first kappa shape index (κ1) is 7.55. The van der Waals surface area contributed by atoms with Gasteiger partial charge in [0.2, 0.25) is 0 Å². The highest BCUT2D eigenvalue weighted by Gasteiger charge is 2.34. The first-order valence-electron chi connectivity index (χ1n) is 3.49. The first-order chi connectivity index (χ1) is 4.79. The van der Waals surface area contributed by atoms with Crippen LogP contribution in [0.2, 0.25) is 0 Å². The predicted octanol–water partition coefficient (Wildman–Crippen LogP) is 2.98. The van der Waals surface area contributed by atoms with Gasteiger partial charge in [0.1, 0.15) is 0 Å². The van der Waals surface area contributed by atoms with Crippen LogP contribution in [0.5, 0.6) is 0 Å². The van der Waals surface area contributed by atoms with Crippen LogP contribution in [0.15, 0.2) is 8.06 Å². The molecule has 0 N–H and O–H groups in total. The van der Waals surface area contributed by atoms with Crippen molar-refractivity contribution in [2.75, 3.05) is 0 Å². The SMILES string of the molecule is BrC1=C(I)C2CCCC1O2. The Bertz CT molecular complexity index is 172. The molecule has 0 spiro atoms. The van der Waals surface area contributed by atoms with Crippen LogP contribution >= 0.6 is 38.5 Å². The van der Waals surface area contributed by atoms with Crippen LogP contribution in [0.25, 0.3) is 0 Å². The molecular formula is C7H8BrIO. The Balaban J connectivity index is 2.29. The number of hydrogen-bond acceptors (Lipinski definition) is 1. The Labute approximate surface area is 82.5 Å². The molecule has 1 nitrogen and oxygen atoms in total. The minimum absolute atomic E-state index is 0.394. The van der Waals surface area contributed by atoms with Crippen LogP contribution in [0, 0.1) is 0 Å². The summed E-state index contributed by atoms with van der Waals surface area (Å²) >= 11 is 5.94. The van der Waals surface area contributed by atoms with Crippen molar-refractivity contribution < 1.29 is 4.74 Å². The van der Waals surface area contributed by atoms with E-state index in [1.165, 1.54) is 27.3 Å². The van der Waals surface area contributed by atoms with Gasteiger partial charge < -0.3 is 4.74 Å². The molecule has 2 rings (SSSR count). The van der Waals surface area contributed by atoms with Crippen molar-refractivity contribution in [3.05, 3.63) is 8.06 Å². The smallest absolute Gasteiger partial charge is 0.0906 e. The van der Waals surface area contributed by atoms with Crippen LogP contribution in [-0.2, 0) is 4.74 Å². The highest BCUT2D eigenvalue weighted by molar-refractivity contribution is 14.1. The second-order valence-electron chi connectivity index (χ2n) is 2.74. The summed E-state index contributed by atoms with van der Waals surface area (Å²) in [6.07, 6.45) is 4.55. The van der Waals surface area contributed by atoms with Gasteiger partial charge in [0.25, 0.3) is 0 Å². The molecule has 10 heavy (non-hydrogen) atoms. The topological polar surface area (TPSA) is 9.23 Å². The van der Waals surface area contributed by atoms with Gasteiger partial charge in [0.05, 0.1) is 12.2 Å². The van der Waals surface area contributed by atoms with Crippen molar-refractivity contribution >= 4 is 38.5 Å². The third-order valence-electron chi connectivity index (χ3n) is 2.05. The number of fused-ring (bicyclic) bond motifs is 2.